The van der Waals surface area contributed by atoms with Gasteiger partial charge in [0.15, 0.2) is 0 Å². The van der Waals surface area contributed by atoms with Crippen molar-refractivity contribution in [2.45, 2.75) is 32.6 Å². The van der Waals surface area contributed by atoms with Gasteiger partial charge in [-0.15, -0.1) is 0 Å². The summed E-state index contributed by atoms with van der Waals surface area (Å²) >= 11 is 0. The number of hydrogen-bond acceptors (Lipinski definition) is 3. The van der Waals surface area contributed by atoms with Crippen molar-refractivity contribution in [1.29, 1.82) is 0 Å². The largest absolute Gasteiger partial charge is 0.352 e. The molecule has 0 atom stereocenters. The highest BCUT2D eigenvalue weighted by atomic mass is 32.2. The third-order valence-electron chi connectivity index (χ3n) is 2.73. The molecule has 1 amide bonds. The number of benzene rings is 1. The van der Waals surface area contributed by atoms with Gasteiger partial charge in [-0.2, -0.15) is 0 Å². The summed E-state index contributed by atoms with van der Waals surface area (Å²) in [6.45, 7) is 7.86. The van der Waals surface area contributed by atoms with E-state index in [2.05, 4.69) is 10.0 Å². The fourth-order valence-corrected chi connectivity index (χ4v) is 3.18. The van der Waals surface area contributed by atoms with Crippen molar-refractivity contribution in [3.05, 3.63) is 28.8 Å². The van der Waals surface area contributed by atoms with Gasteiger partial charge in [0, 0.05) is 18.7 Å². The van der Waals surface area contributed by atoms with Crippen LogP contribution in [0.15, 0.2) is 17.0 Å². The molecule has 0 spiro atoms. The Labute approximate surface area is 114 Å². The minimum atomic E-state index is -3.56. The average Bonchev–Trinajstić information content (AvgIpc) is 2.28. The summed E-state index contributed by atoms with van der Waals surface area (Å²) in [7, 11) is -3.56. The zero-order valence-corrected chi connectivity index (χ0v) is 12.5. The summed E-state index contributed by atoms with van der Waals surface area (Å²) in [4.78, 5) is 12.0. The van der Waals surface area contributed by atoms with Gasteiger partial charge in [0.1, 0.15) is 0 Å². The van der Waals surface area contributed by atoms with E-state index < -0.39 is 10.0 Å². The minimum absolute atomic E-state index is 0.154. The standard InChI is InChI=1S/C13H20N2O3S/c1-5-14-13(16)11-8-12(10(4)7-9(11)3)19(17,18)15-6-2/h7-8,15H,5-6H2,1-4H3,(H,14,16). The average molecular weight is 284 g/mol. The number of nitrogens with one attached hydrogen (secondary N) is 2. The van der Waals surface area contributed by atoms with Gasteiger partial charge < -0.3 is 5.32 Å². The van der Waals surface area contributed by atoms with E-state index in [4.69, 9.17) is 0 Å². The number of carbonyl (C=O) groups excluding carboxylic acids is 1. The van der Waals surface area contributed by atoms with Gasteiger partial charge in [0.2, 0.25) is 10.0 Å². The fourth-order valence-electron chi connectivity index (χ4n) is 1.89. The lowest BCUT2D eigenvalue weighted by Crippen LogP contribution is -2.26. The van der Waals surface area contributed by atoms with E-state index in [9.17, 15) is 13.2 Å². The van der Waals surface area contributed by atoms with Gasteiger partial charge >= 0.3 is 0 Å². The van der Waals surface area contributed by atoms with Crippen LogP contribution in [0.5, 0.6) is 0 Å². The number of aryl methyl sites for hydroxylation is 2. The first-order valence-corrected chi connectivity index (χ1v) is 7.70. The SMILES string of the molecule is CCNC(=O)c1cc(S(=O)(=O)NCC)c(C)cc1C. The fraction of sp³-hybridized carbons (Fsp3) is 0.462. The highest BCUT2D eigenvalue weighted by molar-refractivity contribution is 7.89. The Hall–Kier alpha value is -1.40. The molecule has 0 aliphatic heterocycles. The van der Waals surface area contributed by atoms with Gasteiger partial charge in [-0.1, -0.05) is 13.0 Å². The number of carbonyl (C=O) groups is 1. The number of rotatable bonds is 5. The summed E-state index contributed by atoms with van der Waals surface area (Å²) in [5.41, 5.74) is 1.79. The molecule has 0 fully saturated rings. The van der Waals surface area contributed by atoms with Gasteiger partial charge in [-0.25, -0.2) is 13.1 Å². The van der Waals surface area contributed by atoms with Crippen LogP contribution in [0.3, 0.4) is 0 Å². The molecule has 0 radical (unpaired) electrons. The molecule has 19 heavy (non-hydrogen) atoms. The van der Waals surface area contributed by atoms with E-state index >= 15 is 0 Å². The first kappa shape index (κ1) is 15.7. The first-order valence-electron chi connectivity index (χ1n) is 6.22. The van der Waals surface area contributed by atoms with Crippen LogP contribution in [0.1, 0.15) is 35.3 Å². The van der Waals surface area contributed by atoms with Crippen molar-refractivity contribution >= 4 is 15.9 Å². The van der Waals surface area contributed by atoms with Crippen molar-refractivity contribution in [2.75, 3.05) is 13.1 Å². The van der Waals surface area contributed by atoms with Crippen LogP contribution < -0.4 is 10.0 Å². The molecule has 0 aromatic heterocycles. The van der Waals surface area contributed by atoms with Crippen molar-refractivity contribution in [3.63, 3.8) is 0 Å². The minimum Gasteiger partial charge on any atom is -0.352 e. The quantitative estimate of drug-likeness (QED) is 0.857. The molecular weight excluding hydrogens is 264 g/mol. The number of amides is 1. The van der Waals surface area contributed by atoms with E-state index in [1.807, 2.05) is 6.92 Å². The Bertz CT molecular complexity index is 580. The molecule has 1 aromatic rings. The van der Waals surface area contributed by atoms with Gasteiger partial charge in [-0.05, 0) is 38.0 Å². The summed E-state index contributed by atoms with van der Waals surface area (Å²) < 4.78 is 26.5. The molecule has 0 saturated heterocycles. The van der Waals surface area contributed by atoms with Gasteiger partial charge in [-0.3, -0.25) is 4.79 Å². The second-order valence-electron chi connectivity index (χ2n) is 4.29. The molecular formula is C13H20N2O3S. The zero-order chi connectivity index (χ0) is 14.6. The summed E-state index contributed by atoms with van der Waals surface area (Å²) in [5.74, 6) is -0.257. The van der Waals surface area contributed by atoms with Crippen LogP contribution in [0, 0.1) is 13.8 Å². The molecule has 1 aromatic carbocycles. The second-order valence-corrected chi connectivity index (χ2v) is 6.03. The zero-order valence-electron chi connectivity index (χ0n) is 11.7. The van der Waals surface area contributed by atoms with Crippen LogP contribution in [0.25, 0.3) is 0 Å². The van der Waals surface area contributed by atoms with E-state index in [1.54, 1.807) is 26.8 Å². The Morgan fingerprint density at radius 2 is 1.74 bits per heavy atom. The van der Waals surface area contributed by atoms with Gasteiger partial charge in [0.25, 0.3) is 5.91 Å². The third-order valence-corrected chi connectivity index (χ3v) is 4.42. The topological polar surface area (TPSA) is 75.3 Å². The molecule has 0 heterocycles. The first-order chi connectivity index (χ1) is 8.83. The van der Waals surface area contributed by atoms with Crippen molar-refractivity contribution in [3.8, 4) is 0 Å². The predicted octanol–water partition coefficient (Wildman–Crippen LogP) is 1.35. The molecule has 0 saturated carbocycles. The highest BCUT2D eigenvalue weighted by Crippen LogP contribution is 2.20. The Morgan fingerprint density at radius 3 is 2.26 bits per heavy atom. The molecule has 6 heteroatoms. The van der Waals surface area contributed by atoms with Crippen LogP contribution in [-0.2, 0) is 10.0 Å². The van der Waals surface area contributed by atoms with E-state index in [1.165, 1.54) is 6.07 Å². The van der Waals surface area contributed by atoms with Crippen molar-refractivity contribution in [2.24, 2.45) is 0 Å². The lowest BCUT2D eigenvalue weighted by molar-refractivity contribution is 0.0955. The van der Waals surface area contributed by atoms with E-state index in [0.717, 1.165) is 5.56 Å². The maximum atomic E-state index is 12.1. The molecule has 0 aliphatic carbocycles. The number of hydrogen-bond donors (Lipinski definition) is 2. The van der Waals surface area contributed by atoms with Crippen LogP contribution in [0.2, 0.25) is 0 Å². The molecule has 0 unspecified atom stereocenters. The lowest BCUT2D eigenvalue weighted by atomic mass is 10.1. The highest BCUT2D eigenvalue weighted by Gasteiger charge is 2.19. The Balaban J connectivity index is 3.36. The maximum Gasteiger partial charge on any atom is 0.251 e. The van der Waals surface area contributed by atoms with Crippen LogP contribution in [0.4, 0.5) is 0 Å². The summed E-state index contributed by atoms with van der Waals surface area (Å²) in [5, 5.41) is 2.68. The lowest BCUT2D eigenvalue weighted by Gasteiger charge is -2.12. The van der Waals surface area contributed by atoms with Gasteiger partial charge in [0.05, 0.1) is 4.90 Å². The maximum absolute atomic E-state index is 12.1. The Kier molecular flexibility index (Phi) is 5.08. The van der Waals surface area contributed by atoms with Crippen molar-refractivity contribution in [1.82, 2.24) is 10.0 Å². The molecule has 106 valence electrons. The van der Waals surface area contributed by atoms with Crippen LogP contribution >= 0.6 is 0 Å². The molecule has 2 N–H and O–H groups in total. The second kappa shape index (κ2) is 6.16. The van der Waals surface area contributed by atoms with E-state index in [-0.39, 0.29) is 10.8 Å². The van der Waals surface area contributed by atoms with Crippen molar-refractivity contribution < 1.29 is 13.2 Å². The normalized spacial score (nSPS) is 11.4. The Morgan fingerprint density at radius 1 is 1.11 bits per heavy atom. The van der Waals surface area contributed by atoms with Crippen LogP contribution in [-0.4, -0.2) is 27.4 Å². The molecule has 0 bridgehead atoms. The predicted molar refractivity (Wildman–Crippen MR) is 74.8 cm³/mol. The smallest absolute Gasteiger partial charge is 0.251 e. The molecule has 1 rings (SSSR count). The summed E-state index contributed by atoms with van der Waals surface area (Å²) in [6, 6.07) is 3.16. The third kappa shape index (κ3) is 3.54. The number of sulfonamides is 1. The molecule has 5 nitrogen and oxygen atoms in total. The monoisotopic (exact) mass is 284 g/mol. The van der Waals surface area contributed by atoms with E-state index in [0.29, 0.717) is 24.2 Å². The molecule has 0 aliphatic rings. The summed E-state index contributed by atoms with van der Waals surface area (Å²) in [6.07, 6.45) is 0.